The first kappa shape index (κ1) is 13.1. The predicted molar refractivity (Wildman–Crippen MR) is 70.0 cm³/mol. The van der Waals surface area contributed by atoms with E-state index in [1.165, 1.54) is 7.11 Å². The van der Waals surface area contributed by atoms with E-state index < -0.39 is 5.97 Å². The number of methoxy groups -OCH3 is 1. The molecule has 2 rings (SSSR count). The number of rotatable bonds is 4. The Labute approximate surface area is 110 Å². The highest BCUT2D eigenvalue weighted by Crippen LogP contribution is 2.23. The molecule has 5 heteroatoms. The molecule has 0 aliphatic rings. The quantitative estimate of drug-likeness (QED) is 0.855. The number of carbonyl (C=O) groups excluding carboxylic acids is 2. The van der Waals surface area contributed by atoms with Crippen LogP contribution in [0.5, 0.6) is 0 Å². The number of hydrogen-bond acceptors (Lipinski definition) is 4. The molecule has 5 nitrogen and oxygen atoms in total. The molecule has 0 unspecified atom stereocenters. The van der Waals surface area contributed by atoms with E-state index in [4.69, 9.17) is 9.47 Å². The molecule has 2 aromatic rings. The second kappa shape index (κ2) is 5.56. The van der Waals surface area contributed by atoms with Gasteiger partial charge in [0.1, 0.15) is 0 Å². The van der Waals surface area contributed by atoms with Crippen molar-refractivity contribution in [3.05, 3.63) is 35.5 Å². The molecule has 0 atom stereocenters. The van der Waals surface area contributed by atoms with Gasteiger partial charge in [-0.05, 0) is 13.0 Å². The molecule has 0 saturated heterocycles. The average molecular weight is 261 g/mol. The maximum absolute atomic E-state index is 11.9. The number of H-pyrrole nitrogens is 1. The number of hydrogen-bond donors (Lipinski definition) is 1. The van der Waals surface area contributed by atoms with Crippen molar-refractivity contribution in [2.45, 2.75) is 13.3 Å². The van der Waals surface area contributed by atoms with Crippen molar-refractivity contribution in [2.24, 2.45) is 0 Å². The van der Waals surface area contributed by atoms with Gasteiger partial charge in [-0.3, -0.25) is 4.79 Å². The van der Waals surface area contributed by atoms with Crippen molar-refractivity contribution < 1.29 is 19.1 Å². The summed E-state index contributed by atoms with van der Waals surface area (Å²) in [6.45, 7) is 2.05. The van der Waals surface area contributed by atoms with E-state index in [0.29, 0.717) is 17.9 Å². The summed E-state index contributed by atoms with van der Waals surface area (Å²) in [4.78, 5) is 26.5. The molecule has 0 radical (unpaired) electrons. The van der Waals surface area contributed by atoms with Crippen LogP contribution in [0.15, 0.2) is 24.3 Å². The van der Waals surface area contributed by atoms with Crippen LogP contribution in [-0.4, -0.2) is 30.6 Å². The number of para-hydroxylation sites is 1. The highest BCUT2D eigenvalue weighted by atomic mass is 16.5. The van der Waals surface area contributed by atoms with Crippen LogP contribution in [0.2, 0.25) is 0 Å². The second-order valence-electron chi connectivity index (χ2n) is 4.00. The topological polar surface area (TPSA) is 68.4 Å². The van der Waals surface area contributed by atoms with E-state index in [1.807, 2.05) is 24.3 Å². The number of nitrogens with one attached hydrogen (secondary N) is 1. The Bertz CT molecular complexity index is 615. The van der Waals surface area contributed by atoms with Crippen LogP contribution in [0.4, 0.5) is 0 Å². The van der Waals surface area contributed by atoms with Crippen LogP contribution in [0.25, 0.3) is 10.9 Å². The van der Waals surface area contributed by atoms with Crippen LogP contribution in [0.3, 0.4) is 0 Å². The minimum atomic E-state index is -0.461. The Kier molecular flexibility index (Phi) is 3.85. The highest BCUT2D eigenvalue weighted by Gasteiger charge is 2.20. The maximum atomic E-state index is 11.9. The van der Waals surface area contributed by atoms with Gasteiger partial charge in [0.05, 0.1) is 25.7 Å². The van der Waals surface area contributed by atoms with Gasteiger partial charge < -0.3 is 14.5 Å². The van der Waals surface area contributed by atoms with E-state index in [9.17, 15) is 9.59 Å². The molecule has 1 N–H and O–H groups in total. The zero-order valence-electron chi connectivity index (χ0n) is 10.9. The Morgan fingerprint density at radius 3 is 2.68 bits per heavy atom. The van der Waals surface area contributed by atoms with Crippen LogP contribution in [0.1, 0.15) is 23.0 Å². The smallest absolute Gasteiger partial charge is 0.340 e. The van der Waals surface area contributed by atoms with E-state index in [-0.39, 0.29) is 12.4 Å². The van der Waals surface area contributed by atoms with Gasteiger partial charge in [0, 0.05) is 16.6 Å². The van der Waals surface area contributed by atoms with E-state index in [0.717, 1.165) is 10.9 Å². The molecule has 100 valence electrons. The Balaban J connectivity index is 2.47. The van der Waals surface area contributed by atoms with E-state index >= 15 is 0 Å². The van der Waals surface area contributed by atoms with Gasteiger partial charge in [0.15, 0.2) is 0 Å². The molecule has 0 spiro atoms. The van der Waals surface area contributed by atoms with E-state index in [1.54, 1.807) is 6.92 Å². The minimum Gasteiger partial charge on any atom is -0.466 e. The molecule has 0 amide bonds. The fourth-order valence-corrected chi connectivity index (χ4v) is 2.02. The van der Waals surface area contributed by atoms with Crippen molar-refractivity contribution in [3.8, 4) is 0 Å². The zero-order valence-corrected chi connectivity index (χ0v) is 10.9. The lowest BCUT2D eigenvalue weighted by Gasteiger charge is -2.03. The summed E-state index contributed by atoms with van der Waals surface area (Å²) < 4.78 is 9.67. The number of esters is 2. The van der Waals surface area contributed by atoms with Gasteiger partial charge in [-0.2, -0.15) is 0 Å². The molecule has 0 bridgehead atoms. The summed E-state index contributed by atoms with van der Waals surface area (Å²) in [5, 5.41) is 0.744. The number of aromatic amines is 1. The summed E-state index contributed by atoms with van der Waals surface area (Å²) in [5.74, 6) is -0.837. The third-order valence-electron chi connectivity index (χ3n) is 2.80. The molecular weight excluding hydrogens is 246 g/mol. The van der Waals surface area contributed by atoms with Gasteiger partial charge >= 0.3 is 11.9 Å². The summed E-state index contributed by atoms with van der Waals surface area (Å²) in [6.07, 6.45) is 0.0208. The van der Waals surface area contributed by atoms with Crippen molar-refractivity contribution in [1.29, 1.82) is 0 Å². The first-order chi connectivity index (χ1) is 9.17. The maximum Gasteiger partial charge on any atom is 0.340 e. The lowest BCUT2D eigenvalue weighted by Crippen LogP contribution is -2.11. The second-order valence-corrected chi connectivity index (χ2v) is 4.00. The Morgan fingerprint density at radius 2 is 2.00 bits per heavy atom. The van der Waals surface area contributed by atoms with Crippen molar-refractivity contribution in [3.63, 3.8) is 0 Å². The molecule has 0 saturated carbocycles. The molecule has 0 aliphatic heterocycles. The Hall–Kier alpha value is -2.30. The van der Waals surface area contributed by atoms with Crippen molar-refractivity contribution in [1.82, 2.24) is 4.98 Å². The van der Waals surface area contributed by atoms with Crippen molar-refractivity contribution >= 4 is 22.8 Å². The molecule has 0 aliphatic carbocycles. The monoisotopic (exact) mass is 261 g/mol. The highest BCUT2D eigenvalue weighted by molar-refractivity contribution is 6.06. The number of benzene rings is 1. The number of carbonyl (C=O) groups is 2. The molecule has 1 aromatic carbocycles. The first-order valence-electron chi connectivity index (χ1n) is 6.00. The van der Waals surface area contributed by atoms with Crippen LogP contribution in [-0.2, 0) is 20.7 Å². The van der Waals surface area contributed by atoms with Gasteiger partial charge in [-0.25, -0.2) is 4.79 Å². The SMILES string of the molecule is CCOC(=O)Cc1[nH]c2ccccc2c1C(=O)OC. The normalized spacial score (nSPS) is 10.4. The zero-order chi connectivity index (χ0) is 13.8. The molecule has 0 fully saturated rings. The van der Waals surface area contributed by atoms with Crippen LogP contribution < -0.4 is 0 Å². The van der Waals surface area contributed by atoms with Crippen LogP contribution >= 0.6 is 0 Å². The summed E-state index contributed by atoms with van der Waals surface area (Å²) in [5.41, 5.74) is 1.71. The van der Waals surface area contributed by atoms with Gasteiger partial charge in [0.2, 0.25) is 0 Å². The van der Waals surface area contributed by atoms with Crippen molar-refractivity contribution in [2.75, 3.05) is 13.7 Å². The van der Waals surface area contributed by atoms with E-state index in [2.05, 4.69) is 4.98 Å². The number of fused-ring (bicyclic) bond motifs is 1. The largest absolute Gasteiger partial charge is 0.466 e. The average Bonchev–Trinajstić information content (AvgIpc) is 2.75. The number of ether oxygens (including phenoxy) is 2. The lowest BCUT2D eigenvalue weighted by molar-refractivity contribution is -0.142. The minimum absolute atomic E-state index is 0.0208. The third-order valence-corrected chi connectivity index (χ3v) is 2.80. The summed E-state index contributed by atoms with van der Waals surface area (Å²) in [6, 6.07) is 7.34. The van der Waals surface area contributed by atoms with Gasteiger partial charge in [-0.15, -0.1) is 0 Å². The first-order valence-corrected chi connectivity index (χ1v) is 6.00. The third kappa shape index (κ3) is 2.59. The van der Waals surface area contributed by atoms with Gasteiger partial charge in [0.25, 0.3) is 0 Å². The van der Waals surface area contributed by atoms with Gasteiger partial charge in [-0.1, -0.05) is 18.2 Å². The summed E-state index contributed by atoms with van der Waals surface area (Å²) >= 11 is 0. The number of aromatic nitrogens is 1. The standard InChI is InChI=1S/C14H15NO4/c1-3-19-12(16)8-11-13(14(17)18-2)9-6-4-5-7-10(9)15-11/h4-7,15H,3,8H2,1-2H3. The Morgan fingerprint density at radius 1 is 1.26 bits per heavy atom. The lowest BCUT2D eigenvalue weighted by atomic mass is 10.1. The fourth-order valence-electron chi connectivity index (χ4n) is 2.02. The van der Waals surface area contributed by atoms with Crippen LogP contribution in [0, 0.1) is 0 Å². The molecule has 1 aromatic heterocycles. The fraction of sp³-hybridized carbons (Fsp3) is 0.286. The summed E-state index contributed by atoms with van der Waals surface area (Å²) in [7, 11) is 1.32. The molecule has 1 heterocycles. The molecular formula is C14H15NO4. The predicted octanol–water partition coefficient (Wildman–Crippen LogP) is 2.06. The molecule has 19 heavy (non-hydrogen) atoms.